The number of carbonyl (C=O) groups is 1. The van der Waals surface area contributed by atoms with E-state index in [2.05, 4.69) is 10.6 Å². The number of hydrogen-bond acceptors (Lipinski definition) is 5. The van der Waals surface area contributed by atoms with Gasteiger partial charge in [-0.2, -0.15) is 8.78 Å². The van der Waals surface area contributed by atoms with Gasteiger partial charge in [-0.05, 0) is 28.1 Å². The number of rotatable bonds is 5. The molecule has 1 aromatic carbocycles. The van der Waals surface area contributed by atoms with Gasteiger partial charge in [-0.1, -0.05) is 18.2 Å². The van der Waals surface area contributed by atoms with Crippen molar-refractivity contribution in [1.29, 1.82) is 0 Å². The first-order chi connectivity index (χ1) is 11.4. The van der Waals surface area contributed by atoms with Crippen LogP contribution in [0.5, 0.6) is 0 Å². The van der Waals surface area contributed by atoms with Gasteiger partial charge in [-0.25, -0.2) is 8.42 Å². The van der Waals surface area contributed by atoms with Crippen LogP contribution in [0.3, 0.4) is 0 Å². The molecule has 3 rings (SSSR count). The summed E-state index contributed by atoms with van der Waals surface area (Å²) in [5.74, 6) is -4.23. The molecule has 0 fully saturated rings. The SMILES string of the molecule is Cl.O=C(NCc1ccc2c(c1)CNC2)c1sccc1S(=O)(=O)C(F)F. The first-order valence-electron chi connectivity index (χ1n) is 7.08. The molecule has 1 aromatic heterocycles. The van der Waals surface area contributed by atoms with E-state index in [-0.39, 0.29) is 23.8 Å². The van der Waals surface area contributed by atoms with Crippen molar-refractivity contribution in [2.24, 2.45) is 0 Å². The van der Waals surface area contributed by atoms with E-state index in [1.54, 1.807) is 0 Å². The van der Waals surface area contributed by atoms with Crippen LogP contribution in [0.1, 0.15) is 26.4 Å². The molecule has 2 heterocycles. The van der Waals surface area contributed by atoms with E-state index in [0.29, 0.717) is 0 Å². The van der Waals surface area contributed by atoms with Crippen molar-refractivity contribution in [2.45, 2.75) is 30.3 Å². The van der Waals surface area contributed by atoms with E-state index in [1.807, 2.05) is 18.2 Å². The van der Waals surface area contributed by atoms with Crippen molar-refractivity contribution in [1.82, 2.24) is 10.6 Å². The zero-order valence-corrected chi connectivity index (χ0v) is 15.2. The normalized spacial score (nSPS) is 13.4. The highest BCUT2D eigenvalue weighted by molar-refractivity contribution is 7.92. The number of nitrogens with one attached hydrogen (secondary N) is 2. The van der Waals surface area contributed by atoms with E-state index in [0.717, 1.165) is 41.6 Å². The molecule has 2 aromatic rings. The van der Waals surface area contributed by atoms with Crippen LogP contribution in [0.25, 0.3) is 0 Å². The predicted molar refractivity (Wildman–Crippen MR) is 92.9 cm³/mol. The molecule has 10 heteroatoms. The first-order valence-corrected chi connectivity index (χ1v) is 9.51. The zero-order valence-electron chi connectivity index (χ0n) is 12.8. The molecule has 0 atom stereocenters. The van der Waals surface area contributed by atoms with Crippen molar-refractivity contribution >= 4 is 39.5 Å². The minimum atomic E-state index is -4.79. The molecule has 2 N–H and O–H groups in total. The summed E-state index contributed by atoms with van der Waals surface area (Å²) in [7, 11) is -4.79. The van der Waals surface area contributed by atoms with Gasteiger partial charge in [0.25, 0.3) is 5.91 Å². The molecule has 0 bridgehead atoms. The Morgan fingerprint density at radius 2 is 1.96 bits per heavy atom. The fourth-order valence-corrected chi connectivity index (χ4v) is 4.59. The minimum Gasteiger partial charge on any atom is -0.347 e. The lowest BCUT2D eigenvalue weighted by Crippen LogP contribution is -2.24. The van der Waals surface area contributed by atoms with Gasteiger partial charge in [-0.3, -0.25) is 4.79 Å². The maximum Gasteiger partial charge on any atom is 0.341 e. The second-order valence-electron chi connectivity index (χ2n) is 5.31. The second-order valence-corrected chi connectivity index (χ2v) is 8.11. The van der Waals surface area contributed by atoms with Crippen LogP contribution < -0.4 is 10.6 Å². The number of alkyl halides is 2. The van der Waals surface area contributed by atoms with E-state index >= 15 is 0 Å². The maximum absolute atomic E-state index is 12.7. The van der Waals surface area contributed by atoms with Gasteiger partial charge in [-0.15, -0.1) is 23.7 Å². The second kappa shape index (κ2) is 7.77. The Bertz CT molecular complexity index is 885. The number of fused-ring (bicyclic) bond motifs is 1. The number of halogens is 3. The lowest BCUT2D eigenvalue weighted by atomic mass is 10.1. The molecule has 0 saturated heterocycles. The third-order valence-corrected chi connectivity index (χ3v) is 6.20. The summed E-state index contributed by atoms with van der Waals surface area (Å²) in [6.45, 7) is 1.77. The van der Waals surface area contributed by atoms with E-state index in [1.165, 1.54) is 10.9 Å². The van der Waals surface area contributed by atoms with Crippen molar-refractivity contribution in [3.8, 4) is 0 Å². The largest absolute Gasteiger partial charge is 0.347 e. The molecule has 5 nitrogen and oxygen atoms in total. The number of thiophene rings is 1. The maximum atomic E-state index is 12.7. The van der Waals surface area contributed by atoms with E-state index < -0.39 is 26.4 Å². The standard InChI is InChI=1S/C15H14F2N2O3S2.ClH/c16-15(17)24(21,22)12-3-4-23-13(12)14(20)19-6-9-1-2-10-7-18-8-11(10)5-9;/h1-5,15,18H,6-8H2,(H,19,20);1H. The summed E-state index contributed by atoms with van der Waals surface area (Å²) in [4.78, 5) is 11.3. The summed E-state index contributed by atoms with van der Waals surface area (Å²) in [6.07, 6.45) is 0. The molecule has 0 spiro atoms. The molecule has 0 unspecified atom stereocenters. The molecule has 1 aliphatic rings. The Hall–Kier alpha value is -1.55. The Labute approximate surface area is 153 Å². The Balaban J connectivity index is 0.00000225. The molecule has 136 valence electrons. The molecule has 1 aliphatic heterocycles. The number of hydrogen-bond donors (Lipinski definition) is 2. The highest BCUT2D eigenvalue weighted by atomic mass is 35.5. The highest BCUT2D eigenvalue weighted by Crippen LogP contribution is 2.26. The van der Waals surface area contributed by atoms with Crippen LogP contribution in [0.2, 0.25) is 0 Å². The summed E-state index contributed by atoms with van der Waals surface area (Å²) in [5.41, 5.74) is 3.22. The van der Waals surface area contributed by atoms with Crippen molar-refractivity contribution < 1.29 is 22.0 Å². The molecule has 0 radical (unpaired) electrons. The Kier molecular flexibility index (Phi) is 6.15. The lowest BCUT2D eigenvalue weighted by molar-refractivity contribution is 0.0952. The van der Waals surface area contributed by atoms with Crippen LogP contribution in [-0.4, -0.2) is 20.1 Å². The van der Waals surface area contributed by atoms with Gasteiger partial charge in [0.2, 0.25) is 9.84 Å². The van der Waals surface area contributed by atoms with Gasteiger partial charge in [0.15, 0.2) is 0 Å². The van der Waals surface area contributed by atoms with Gasteiger partial charge >= 0.3 is 5.76 Å². The highest BCUT2D eigenvalue weighted by Gasteiger charge is 2.32. The van der Waals surface area contributed by atoms with Crippen molar-refractivity contribution in [3.63, 3.8) is 0 Å². The first kappa shape index (κ1) is 19.8. The third kappa shape index (κ3) is 4.00. The van der Waals surface area contributed by atoms with Crippen LogP contribution in [-0.2, 0) is 29.5 Å². The molecule has 0 aliphatic carbocycles. The van der Waals surface area contributed by atoms with Crippen LogP contribution in [0, 0.1) is 0 Å². The van der Waals surface area contributed by atoms with Crippen LogP contribution in [0.4, 0.5) is 8.78 Å². The number of carbonyl (C=O) groups excluding carboxylic acids is 1. The van der Waals surface area contributed by atoms with E-state index in [4.69, 9.17) is 0 Å². The fourth-order valence-electron chi connectivity index (χ4n) is 2.50. The Morgan fingerprint density at radius 1 is 1.24 bits per heavy atom. The zero-order chi connectivity index (χ0) is 17.3. The van der Waals surface area contributed by atoms with Gasteiger partial charge in [0, 0.05) is 19.6 Å². The minimum absolute atomic E-state index is 0. The van der Waals surface area contributed by atoms with Gasteiger partial charge < -0.3 is 10.6 Å². The summed E-state index contributed by atoms with van der Waals surface area (Å²) in [5, 5.41) is 7.11. The predicted octanol–water partition coefficient (Wildman–Crippen LogP) is 2.70. The van der Waals surface area contributed by atoms with Crippen molar-refractivity contribution in [3.05, 3.63) is 51.2 Å². The fraction of sp³-hybridized carbons (Fsp3) is 0.267. The molecule has 0 saturated carbocycles. The average molecular weight is 409 g/mol. The average Bonchev–Trinajstić information content (AvgIpc) is 3.20. The van der Waals surface area contributed by atoms with Crippen molar-refractivity contribution in [2.75, 3.05) is 0 Å². The molecular weight excluding hydrogens is 394 g/mol. The number of amides is 1. The molecular formula is C15H15ClF2N2O3S2. The monoisotopic (exact) mass is 408 g/mol. The van der Waals surface area contributed by atoms with Gasteiger partial charge in [0.1, 0.15) is 4.88 Å². The molecule has 25 heavy (non-hydrogen) atoms. The number of sulfone groups is 1. The quantitative estimate of drug-likeness (QED) is 0.797. The van der Waals surface area contributed by atoms with E-state index in [9.17, 15) is 22.0 Å². The smallest absolute Gasteiger partial charge is 0.341 e. The van der Waals surface area contributed by atoms with Gasteiger partial charge in [0.05, 0.1) is 4.90 Å². The number of benzene rings is 1. The third-order valence-electron chi connectivity index (χ3n) is 3.73. The summed E-state index contributed by atoms with van der Waals surface area (Å²) < 4.78 is 48.5. The summed E-state index contributed by atoms with van der Waals surface area (Å²) in [6, 6.07) is 6.83. The molecule has 1 amide bonds. The lowest BCUT2D eigenvalue weighted by Gasteiger charge is -2.08. The van der Waals surface area contributed by atoms with Crippen LogP contribution in [0.15, 0.2) is 34.5 Å². The summed E-state index contributed by atoms with van der Waals surface area (Å²) >= 11 is 0.823. The van der Waals surface area contributed by atoms with Crippen LogP contribution >= 0.6 is 23.7 Å². The topological polar surface area (TPSA) is 75.3 Å². The Morgan fingerprint density at radius 3 is 2.68 bits per heavy atom.